The van der Waals surface area contributed by atoms with Crippen LogP contribution >= 0.6 is 0 Å². The van der Waals surface area contributed by atoms with Gasteiger partial charge in [-0.25, -0.2) is 13.8 Å². The smallest absolute Gasteiger partial charge is 0.275 e. The molecule has 0 unspecified atom stereocenters. The van der Waals surface area contributed by atoms with E-state index in [1.54, 1.807) is 42.5 Å². The number of fused-ring (bicyclic) bond motifs is 2. The molecule has 1 amide bonds. The summed E-state index contributed by atoms with van der Waals surface area (Å²) in [6.45, 7) is 0. The minimum absolute atomic E-state index is 0.0866. The van der Waals surface area contributed by atoms with Crippen molar-refractivity contribution >= 4 is 32.4 Å². The second-order valence-corrected chi connectivity index (χ2v) is 7.80. The zero-order chi connectivity index (χ0) is 18.1. The van der Waals surface area contributed by atoms with Crippen LogP contribution in [0.3, 0.4) is 0 Å². The van der Waals surface area contributed by atoms with Crippen LogP contribution in [0.1, 0.15) is 10.4 Å². The van der Waals surface area contributed by atoms with Gasteiger partial charge >= 0.3 is 0 Å². The Morgan fingerprint density at radius 1 is 0.923 bits per heavy atom. The van der Waals surface area contributed by atoms with Crippen molar-refractivity contribution in [3.8, 4) is 5.75 Å². The number of nitrogens with one attached hydrogen (secondary N) is 1. The largest absolute Gasteiger partial charge is 0.439 e. The number of rotatable bonds is 3. The molecule has 1 N–H and O–H groups in total. The maximum absolute atomic E-state index is 12.8. The summed E-state index contributed by atoms with van der Waals surface area (Å²) in [6, 6.07) is 19.0. The van der Waals surface area contributed by atoms with E-state index in [2.05, 4.69) is 10.5 Å². The summed E-state index contributed by atoms with van der Waals surface area (Å²) in [5.41, 5.74) is 2.61. The molecule has 0 radical (unpaired) electrons. The first-order chi connectivity index (χ1) is 12.5. The first-order valence-corrected chi connectivity index (χ1v) is 9.53. The Balaban J connectivity index is 1.66. The SMILES string of the molecule is O=C1NN=C(CS(=O)(=O)c2ccc3ccccc3c2)Oc2ccccc21. The van der Waals surface area contributed by atoms with E-state index in [9.17, 15) is 13.2 Å². The van der Waals surface area contributed by atoms with E-state index < -0.39 is 21.5 Å². The maximum Gasteiger partial charge on any atom is 0.275 e. The molecule has 6 nitrogen and oxygen atoms in total. The van der Waals surface area contributed by atoms with Crippen molar-refractivity contribution in [3.63, 3.8) is 0 Å². The highest BCUT2D eigenvalue weighted by molar-refractivity contribution is 7.92. The molecule has 0 aromatic heterocycles. The van der Waals surface area contributed by atoms with Gasteiger partial charge in [0, 0.05) is 0 Å². The molecule has 1 aliphatic rings. The number of ether oxygens (including phenoxy) is 1. The van der Waals surface area contributed by atoms with E-state index in [1.807, 2.05) is 24.3 Å². The van der Waals surface area contributed by atoms with Crippen LogP contribution in [0.15, 0.2) is 76.7 Å². The van der Waals surface area contributed by atoms with Gasteiger partial charge in [0.2, 0.25) is 5.90 Å². The van der Waals surface area contributed by atoms with Gasteiger partial charge in [-0.2, -0.15) is 0 Å². The van der Waals surface area contributed by atoms with E-state index in [4.69, 9.17) is 4.74 Å². The highest BCUT2D eigenvalue weighted by atomic mass is 32.2. The van der Waals surface area contributed by atoms with E-state index >= 15 is 0 Å². The van der Waals surface area contributed by atoms with Crippen LogP contribution in [-0.4, -0.2) is 26.0 Å². The fourth-order valence-corrected chi connectivity index (χ4v) is 3.93. The molecule has 0 saturated carbocycles. The summed E-state index contributed by atoms with van der Waals surface area (Å²) in [7, 11) is -3.69. The van der Waals surface area contributed by atoms with Gasteiger partial charge in [-0.3, -0.25) is 4.79 Å². The topological polar surface area (TPSA) is 84.8 Å². The highest BCUT2D eigenvalue weighted by Crippen LogP contribution is 2.23. The highest BCUT2D eigenvalue weighted by Gasteiger charge is 2.24. The van der Waals surface area contributed by atoms with Crippen LogP contribution in [0.4, 0.5) is 0 Å². The molecule has 26 heavy (non-hydrogen) atoms. The Morgan fingerprint density at radius 3 is 2.50 bits per heavy atom. The molecule has 0 atom stereocenters. The summed E-state index contributed by atoms with van der Waals surface area (Å²) in [6.07, 6.45) is 0. The molecule has 0 spiro atoms. The number of nitrogens with zero attached hydrogens (tertiary/aromatic N) is 1. The van der Waals surface area contributed by atoms with Crippen LogP contribution in [-0.2, 0) is 9.84 Å². The first-order valence-electron chi connectivity index (χ1n) is 7.88. The average Bonchev–Trinajstić information content (AvgIpc) is 2.80. The van der Waals surface area contributed by atoms with Crippen molar-refractivity contribution in [3.05, 3.63) is 72.3 Å². The predicted octanol–water partition coefficient (Wildman–Crippen LogP) is 2.75. The first kappa shape index (κ1) is 16.3. The van der Waals surface area contributed by atoms with Crippen molar-refractivity contribution in [2.75, 3.05) is 5.75 Å². The fourth-order valence-electron chi connectivity index (χ4n) is 2.73. The van der Waals surface area contributed by atoms with Gasteiger partial charge in [0.25, 0.3) is 5.91 Å². The van der Waals surface area contributed by atoms with E-state index in [-0.39, 0.29) is 16.5 Å². The summed E-state index contributed by atoms with van der Waals surface area (Å²) in [5, 5.41) is 5.59. The van der Waals surface area contributed by atoms with Gasteiger partial charge in [0.15, 0.2) is 9.84 Å². The molecule has 0 saturated heterocycles. The van der Waals surface area contributed by atoms with Gasteiger partial charge in [-0.1, -0.05) is 42.5 Å². The predicted molar refractivity (Wildman–Crippen MR) is 98.0 cm³/mol. The second-order valence-electron chi connectivity index (χ2n) is 5.81. The summed E-state index contributed by atoms with van der Waals surface area (Å²) in [4.78, 5) is 12.2. The summed E-state index contributed by atoms with van der Waals surface area (Å²) in [5.74, 6) is -0.718. The molecular formula is C19H14N2O4S. The lowest BCUT2D eigenvalue weighted by atomic mass is 10.1. The van der Waals surface area contributed by atoms with Crippen molar-refractivity contribution in [2.24, 2.45) is 5.10 Å². The number of carbonyl (C=O) groups is 1. The lowest BCUT2D eigenvalue weighted by Gasteiger charge is -2.09. The lowest BCUT2D eigenvalue weighted by molar-refractivity contribution is 0.0955. The van der Waals surface area contributed by atoms with Crippen LogP contribution < -0.4 is 10.2 Å². The molecule has 3 aromatic carbocycles. The summed E-state index contributed by atoms with van der Waals surface area (Å²) < 4.78 is 31.1. The van der Waals surface area contributed by atoms with Crippen LogP contribution in [0.2, 0.25) is 0 Å². The molecule has 3 aromatic rings. The van der Waals surface area contributed by atoms with Gasteiger partial charge in [-0.15, -0.1) is 5.10 Å². The lowest BCUT2D eigenvalue weighted by Crippen LogP contribution is -2.23. The number of carbonyl (C=O) groups excluding carboxylic acids is 1. The quantitative estimate of drug-likeness (QED) is 0.772. The van der Waals surface area contributed by atoms with E-state index in [0.29, 0.717) is 5.56 Å². The molecule has 4 rings (SSSR count). The zero-order valence-electron chi connectivity index (χ0n) is 13.5. The Morgan fingerprint density at radius 2 is 1.65 bits per heavy atom. The Labute approximate surface area is 150 Å². The third-order valence-corrected chi connectivity index (χ3v) is 5.63. The molecule has 0 fully saturated rings. The molecule has 0 aliphatic carbocycles. The number of benzene rings is 3. The maximum atomic E-state index is 12.8. The number of amides is 1. The average molecular weight is 366 g/mol. The van der Waals surface area contributed by atoms with E-state index in [1.165, 1.54) is 0 Å². The van der Waals surface area contributed by atoms with Crippen LogP contribution in [0.25, 0.3) is 10.8 Å². The van der Waals surface area contributed by atoms with Gasteiger partial charge < -0.3 is 4.74 Å². The monoisotopic (exact) mass is 366 g/mol. The van der Waals surface area contributed by atoms with Crippen molar-refractivity contribution in [2.45, 2.75) is 4.90 Å². The van der Waals surface area contributed by atoms with Gasteiger partial charge in [0.1, 0.15) is 11.5 Å². The van der Waals surface area contributed by atoms with Crippen LogP contribution in [0, 0.1) is 0 Å². The Bertz CT molecular complexity index is 1150. The third-order valence-electron chi connectivity index (χ3n) is 4.04. The van der Waals surface area contributed by atoms with Crippen molar-refractivity contribution in [1.29, 1.82) is 0 Å². The summed E-state index contributed by atoms with van der Waals surface area (Å²) >= 11 is 0. The number of para-hydroxylation sites is 1. The van der Waals surface area contributed by atoms with Crippen LogP contribution in [0.5, 0.6) is 5.75 Å². The molecule has 0 bridgehead atoms. The van der Waals surface area contributed by atoms with E-state index in [0.717, 1.165) is 10.8 Å². The number of hydrazone groups is 1. The van der Waals surface area contributed by atoms with Crippen molar-refractivity contribution in [1.82, 2.24) is 5.43 Å². The number of sulfone groups is 1. The minimum atomic E-state index is -3.69. The fraction of sp³-hybridized carbons (Fsp3) is 0.0526. The molecule has 1 aliphatic heterocycles. The van der Waals surface area contributed by atoms with Gasteiger partial charge in [0.05, 0.1) is 10.5 Å². The standard InChI is InChI=1S/C19H14N2O4S/c22-19-16-7-3-4-8-17(16)25-18(20-21-19)12-26(23,24)15-10-9-13-5-1-2-6-14(13)11-15/h1-11H,12H2,(H,21,22). The number of hydrogen-bond donors (Lipinski definition) is 1. The van der Waals surface area contributed by atoms with Gasteiger partial charge in [-0.05, 0) is 35.0 Å². The van der Waals surface area contributed by atoms with Crippen molar-refractivity contribution < 1.29 is 17.9 Å². The Hall–Kier alpha value is -3.19. The number of hydrogen-bond acceptors (Lipinski definition) is 5. The molecule has 130 valence electrons. The molecule has 1 heterocycles. The second kappa shape index (κ2) is 6.27. The Kier molecular flexibility index (Phi) is 3.93. The molecule has 7 heteroatoms. The molecular weight excluding hydrogens is 352 g/mol. The third kappa shape index (κ3) is 3.04. The minimum Gasteiger partial charge on any atom is -0.439 e. The zero-order valence-corrected chi connectivity index (χ0v) is 14.4. The normalized spacial score (nSPS) is 14.0.